The number of alkyl carbamates (subject to hydrolysis) is 1. The summed E-state index contributed by atoms with van der Waals surface area (Å²) in [6.07, 6.45) is -0.901. The molecule has 7 nitrogen and oxygen atoms in total. The zero-order chi connectivity index (χ0) is 25.0. The molecule has 2 amide bonds. The van der Waals surface area contributed by atoms with E-state index in [1.54, 1.807) is 12.1 Å². The largest absolute Gasteiger partial charge is 0.465 e. The van der Waals surface area contributed by atoms with Crippen molar-refractivity contribution in [3.63, 3.8) is 0 Å². The van der Waals surface area contributed by atoms with Crippen LogP contribution in [0.15, 0.2) is 42.5 Å². The standard InChI is InChI=1S/C27H33N3O4/c1-16(2)13-23-21(15-28-26(33)34-27(4,5)6)24(18-9-7-17(3)8-10-18)20-14-19(29-25(31)32)11-12-22(20)30-23/h7-12,14,16,29H,13,15H2,1-6H3,(H,28,33)(H,31,32). The fraction of sp³-hybridized carbons (Fsp3) is 0.370. The van der Waals surface area contributed by atoms with Gasteiger partial charge in [0.15, 0.2) is 0 Å². The van der Waals surface area contributed by atoms with Crippen molar-refractivity contribution < 1.29 is 19.4 Å². The van der Waals surface area contributed by atoms with E-state index < -0.39 is 17.8 Å². The molecule has 7 heteroatoms. The van der Waals surface area contributed by atoms with Gasteiger partial charge >= 0.3 is 12.2 Å². The summed E-state index contributed by atoms with van der Waals surface area (Å²) in [7, 11) is 0. The molecule has 0 unspecified atom stereocenters. The molecule has 0 fully saturated rings. The lowest BCUT2D eigenvalue weighted by atomic mass is 9.91. The number of carbonyl (C=O) groups is 2. The molecular weight excluding hydrogens is 430 g/mol. The number of fused-ring (bicyclic) bond motifs is 1. The minimum absolute atomic E-state index is 0.236. The van der Waals surface area contributed by atoms with Gasteiger partial charge in [-0.15, -0.1) is 0 Å². The van der Waals surface area contributed by atoms with Crippen LogP contribution in [0.25, 0.3) is 22.0 Å². The Balaban J connectivity index is 2.22. The van der Waals surface area contributed by atoms with Crippen molar-refractivity contribution in [2.75, 3.05) is 5.32 Å². The lowest BCUT2D eigenvalue weighted by Crippen LogP contribution is -2.32. The molecule has 1 heterocycles. The number of aryl methyl sites for hydroxylation is 1. The average molecular weight is 464 g/mol. The molecule has 2 aromatic carbocycles. The third-order valence-electron chi connectivity index (χ3n) is 5.17. The topological polar surface area (TPSA) is 101 Å². The predicted octanol–water partition coefficient (Wildman–Crippen LogP) is 6.52. The Labute approximate surface area is 200 Å². The van der Waals surface area contributed by atoms with Crippen LogP contribution in [0.4, 0.5) is 15.3 Å². The number of hydrogen-bond acceptors (Lipinski definition) is 4. The maximum absolute atomic E-state index is 12.5. The van der Waals surface area contributed by atoms with Gasteiger partial charge in [0.1, 0.15) is 5.60 Å². The minimum Gasteiger partial charge on any atom is -0.465 e. The van der Waals surface area contributed by atoms with Crippen molar-refractivity contribution in [2.24, 2.45) is 5.92 Å². The summed E-state index contributed by atoms with van der Waals surface area (Å²) in [6.45, 7) is 12.0. The molecule has 0 radical (unpaired) electrons. The Morgan fingerprint density at radius 2 is 1.76 bits per heavy atom. The number of benzene rings is 2. The first-order chi connectivity index (χ1) is 15.9. The smallest absolute Gasteiger partial charge is 0.409 e. The van der Waals surface area contributed by atoms with Gasteiger partial charge in [0.25, 0.3) is 0 Å². The third-order valence-corrected chi connectivity index (χ3v) is 5.17. The van der Waals surface area contributed by atoms with Gasteiger partial charge in [0.05, 0.1) is 5.52 Å². The molecule has 0 atom stereocenters. The highest BCUT2D eigenvalue weighted by molar-refractivity contribution is 5.99. The average Bonchev–Trinajstić information content (AvgIpc) is 2.71. The van der Waals surface area contributed by atoms with E-state index in [1.807, 2.05) is 58.0 Å². The fourth-order valence-corrected chi connectivity index (χ4v) is 3.83. The van der Waals surface area contributed by atoms with Gasteiger partial charge in [-0.25, -0.2) is 9.59 Å². The molecule has 0 saturated heterocycles. The number of hydrogen-bond donors (Lipinski definition) is 3. The van der Waals surface area contributed by atoms with Crippen LogP contribution < -0.4 is 10.6 Å². The van der Waals surface area contributed by atoms with Crippen LogP contribution in [-0.2, 0) is 17.7 Å². The fourth-order valence-electron chi connectivity index (χ4n) is 3.83. The third kappa shape index (κ3) is 6.47. The lowest BCUT2D eigenvalue weighted by Gasteiger charge is -2.22. The van der Waals surface area contributed by atoms with Gasteiger partial charge in [-0.1, -0.05) is 43.7 Å². The number of amides is 2. The molecule has 0 aliphatic heterocycles. The number of rotatable bonds is 6. The zero-order valence-electron chi connectivity index (χ0n) is 20.7. The summed E-state index contributed by atoms with van der Waals surface area (Å²) in [4.78, 5) is 28.6. The second kappa shape index (κ2) is 10.1. The Kier molecular flexibility index (Phi) is 7.44. The van der Waals surface area contributed by atoms with Crippen LogP contribution in [0.1, 0.15) is 51.4 Å². The number of ether oxygens (including phenoxy) is 1. The predicted molar refractivity (Wildman–Crippen MR) is 135 cm³/mol. The monoisotopic (exact) mass is 463 g/mol. The molecule has 0 bridgehead atoms. The van der Waals surface area contributed by atoms with Crippen LogP contribution in [0.5, 0.6) is 0 Å². The van der Waals surface area contributed by atoms with Gasteiger partial charge in [-0.2, -0.15) is 0 Å². The second-order valence-corrected chi connectivity index (χ2v) is 9.89. The van der Waals surface area contributed by atoms with Crippen molar-refractivity contribution in [1.82, 2.24) is 10.3 Å². The normalized spacial score (nSPS) is 11.5. The van der Waals surface area contributed by atoms with Crippen molar-refractivity contribution in [3.05, 3.63) is 59.3 Å². The molecule has 0 aliphatic carbocycles. The molecular formula is C27H33N3O4. The molecule has 1 aromatic heterocycles. The van der Waals surface area contributed by atoms with E-state index in [0.29, 0.717) is 11.6 Å². The van der Waals surface area contributed by atoms with Gasteiger partial charge in [-0.05, 0) is 69.4 Å². The Morgan fingerprint density at radius 3 is 2.35 bits per heavy atom. The first-order valence-corrected chi connectivity index (χ1v) is 11.4. The lowest BCUT2D eigenvalue weighted by molar-refractivity contribution is 0.0523. The van der Waals surface area contributed by atoms with E-state index in [9.17, 15) is 14.7 Å². The number of pyridine rings is 1. The maximum Gasteiger partial charge on any atom is 0.409 e. The van der Waals surface area contributed by atoms with E-state index in [-0.39, 0.29) is 6.54 Å². The first kappa shape index (κ1) is 25.0. The van der Waals surface area contributed by atoms with E-state index in [0.717, 1.165) is 45.3 Å². The highest BCUT2D eigenvalue weighted by Crippen LogP contribution is 2.35. The Morgan fingerprint density at radius 1 is 1.09 bits per heavy atom. The second-order valence-electron chi connectivity index (χ2n) is 9.89. The summed E-state index contributed by atoms with van der Waals surface area (Å²) in [6, 6.07) is 13.5. The summed E-state index contributed by atoms with van der Waals surface area (Å²) >= 11 is 0. The SMILES string of the molecule is Cc1ccc(-c2c(CNC(=O)OC(C)(C)C)c(CC(C)C)nc3ccc(NC(=O)O)cc23)cc1. The number of carboxylic acid groups (broad SMARTS) is 1. The van der Waals surface area contributed by atoms with Gasteiger partial charge in [-0.3, -0.25) is 10.3 Å². The summed E-state index contributed by atoms with van der Waals surface area (Å²) in [5.41, 5.74) is 5.43. The molecule has 3 N–H and O–H groups in total. The number of aromatic nitrogens is 1. The Bertz CT molecular complexity index is 1200. The number of anilines is 1. The zero-order valence-corrected chi connectivity index (χ0v) is 20.7. The summed E-state index contributed by atoms with van der Waals surface area (Å²) in [5, 5.41) is 15.3. The first-order valence-electron chi connectivity index (χ1n) is 11.4. The molecule has 0 saturated carbocycles. The molecule has 34 heavy (non-hydrogen) atoms. The summed E-state index contributed by atoms with van der Waals surface area (Å²) < 4.78 is 5.45. The number of nitrogens with one attached hydrogen (secondary N) is 2. The number of carbonyl (C=O) groups excluding carboxylic acids is 1. The van der Waals surface area contributed by atoms with Gasteiger partial charge in [0.2, 0.25) is 0 Å². The molecule has 0 spiro atoms. The van der Waals surface area contributed by atoms with Gasteiger partial charge < -0.3 is 15.2 Å². The quantitative estimate of drug-likeness (QED) is 0.386. The number of nitrogens with zero attached hydrogens (tertiary/aromatic N) is 1. The molecule has 3 rings (SSSR count). The van der Waals surface area contributed by atoms with Crippen LogP contribution in [0.2, 0.25) is 0 Å². The van der Waals surface area contributed by atoms with E-state index in [4.69, 9.17) is 9.72 Å². The molecule has 0 aliphatic rings. The van der Waals surface area contributed by atoms with Crippen LogP contribution >= 0.6 is 0 Å². The highest BCUT2D eigenvalue weighted by atomic mass is 16.6. The van der Waals surface area contributed by atoms with Crippen molar-refractivity contribution in [1.29, 1.82) is 0 Å². The van der Waals surface area contributed by atoms with Crippen LogP contribution in [0, 0.1) is 12.8 Å². The van der Waals surface area contributed by atoms with E-state index >= 15 is 0 Å². The van der Waals surface area contributed by atoms with Gasteiger partial charge in [0, 0.05) is 28.9 Å². The highest BCUT2D eigenvalue weighted by Gasteiger charge is 2.21. The maximum atomic E-state index is 12.5. The molecule has 3 aromatic rings. The van der Waals surface area contributed by atoms with E-state index in [1.165, 1.54) is 0 Å². The Hall–Kier alpha value is -3.61. The van der Waals surface area contributed by atoms with Crippen molar-refractivity contribution in [3.8, 4) is 11.1 Å². The summed E-state index contributed by atoms with van der Waals surface area (Å²) in [5.74, 6) is 0.351. The van der Waals surface area contributed by atoms with Crippen LogP contribution in [0.3, 0.4) is 0 Å². The molecule has 180 valence electrons. The van der Waals surface area contributed by atoms with Crippen molar-refractivity contribution in [2.45, 2.75) is 60.1 Å². The van der Waals surface area contributed by atoms with E-state index in [2.05, 4.69) is 24.5 Å². The minimum atomic E-state index is -1.13. The van der Waals surface area contributed by atoms with Crippen LogP contribution in [-0.4, -0.2) is 27.9 Å². The van der Waals surface area contributed by atoms with Crippen molar-refractivity contribution >= 4 is 28.8 Å².